The number of aliphatic hydroxyl groups is 34. The minimum Gasteiger partial charge on any atom is -0.394 e. The van der Waals surface area contributed by atoms with Crippen LogP contribution in [0.5, 0.6) is 0 Å². The molecule has 61 heteroatoms. The van der Waals surface area contributed by atoms with Gasteiger partial charge in [-0.25, -0.2) is 9.78 Å². The third-order valence-corrected chi connectivity index (χ3v) is 28.2. The molecule has 24 bridgehead atoms. The largest absolute Gasteiger partial charge is 0.394 e. The maximum atomic E-state index is 12.4. The molecule has 61 atom stereocenters. The monoisotopic (exact) mass is 2110 g/mol. The molecule has 0 radical (unpaired) electrons. The number of ether oxygens (including phenoxy) is 25. The van der Waals surface area contributed by atoms with Crippen molar-refractivity contribution < 1.29 is 302 Å². The van der Waals surface area contributed by atoms with E-state index in [9.17, 15) is 174 Å². The summed E-state index contributed by atoms with van der Waals surface area (Å²) in [6, 6.07) is 0. The van der Waals surface area contributed by atoms with E-state index < -0.39 is 454 Å². The summed E-state index contributed by atoms with van der Waals surface area (Å²) in [7, 11) is 0. The predicted octanol–water partition coefficient (Wildman–Crippen LogP) is -21.6. The Kier molecular flexibility index (Phi) is 42.6. The molecule has 61 nitrogen and oxygen atoms in total. The highest BCUT2D eigenvalue weighted by atomic mass is 17.2. The van der Waals surface area contributed by atoms with Crippen LogP contribution in [-0.2, 0) is 128 Å². The number of aliphatic hydroxyl groups excluding tert-OH is 34. The van der Waals surface area contributed by atoms with Gasteiger partial charge in [0.25, 0.3) is 0 Å². The summed E-state index contributed by atoms with van der Waals surface area (Å²) < 4.78 is 147. The predicted molar refractivity (Wildman–Crippen MR) is 442 cm³/mol. The molecule has 44 aliphatic heterocycles. The Morgan fingerprint density at radius 2 is 0.312 bits per heavy atom. The summed E-state index contributed by atoms with van der Waals surface area (Å²) >= 11 is 0. The Hall–Kier alpha value is -2.44. The normalized spacial score (nSPS) is 52.1. The fourth-order valence-corrected chi connectivity index (χ4v) is 20.0. The van der Waals surface area contributed by atoms with Gasteiger partial charge in [-0.3, -0.25) is 0 Å². The summed E-state index contributed by atoms with van der Waals surface area (Å²) in [5.41, 5.74) is 0. The zero-order valence-electron chi connectivity index (χ0n) is 77.3. The summed E-state index contributed by atoms with van der Waals surface area (Å²) in [6.45, 7) is -11.7. The summed E-state index contributed by atoms with van der Waals surface area (Å²) in [5, 5.41) is 386. The molecule has 0 saturated carbocycles. The van der Waals surface area contributed by atoms with Crippen LogP contribution in [0.3, 0.4) is 0 Å². The minimum absolute atomic E-state index is 0.197. The standard InChI is InChI=1S/C83H140O61/c1-23(143-144-71-57(117)83-130-35(22-95)69(71)142-81-55(115)45(105)65(31(18-91)128-81)138-77-51(111)41(101)61(27(14-87)124-77)134-73-47(107)37(97)59(25(12-85)120-73)132-75-49(109)39(99)63(29(16-89)122-75)136-79-53(113)43(103)67(140-83)33(20-93)126-79)9-7-5-3-2-4-6-8-10-118-70-56(116)82-129-34(21-94)68(70)141-80-54(114)44(104)64(30(17-90)127-80)137-76-50(110)40(100)60(26(13-86)123-76)133-72-46(106)36(96)58(24(11-84)119-72)131-74-48(108)38(98)62(28(15-88)121-74)135-78-52(112)42(102)66(139-82)32(19-92)125-78/h23-117H,2-22H2,1H3/t23?,24-,25-,26-,27-,28-,29-,30-,31-,32-,33-,34-,35-,36-,37-,38-,39-,40-,41-,42-,43-,44-,45-,46-,47-,48-,49-,50-,51-,52-,53-,54-,55-,56-,57-,58-,59-,60-,61-,62-,63-,64-,65-,66-,67-,68+,69+,70-,71-,72-,73-,74-,75-,76-,77-,78-,79-,80-,81-,82-,83-/m1/s1. The smallest absolute Gasteiger partial charge is 0.187 e. The van der Waals surface area contributed by atoms with Gasteiger partial charge in [-0.05, 0) is 19.8 Å². The van der Waals surface area contributed by atoms with Gasteiger partial charge in [0.15, 0.2) is 81.6 Å². The van der Waals surface area contributed by atoms with E-state index in [0.29, 0.717) is 38.5 Å². The SMILES string of the molecule is CC(CCCCCCCCCO[C@@H]1[C@@H](O)[C@H]2O[C@H]3[C@H](O)[C@@H](O)[C@@H](O[C@H]4[C@H](O)[C@@H](O)[C@@H](O[C@H]5[C@H](O)[C@@H](O)[C@@H](O[C@H]6[C@H](O)[C@@H](O)[C@@H](O[C@H]7[C@H](O)[C@@H](O)[C@@H](O[C@H]1[C@@H](CO)O2)O[C@@H]7CO)O[C@@H]6CO)O[C@@H]5CO)O[C@@H]4CO)O[C@@H]3CO)OO[C@@H]1[C@@H](O)[C@H]2O[C@H]3[C@H](O)[C@@H](O)[C@@H](O[C@H]4[C@H](O)[C@@H](O)[C@@H](O[C@H]5[C@H](O)[C@@H](O)[C@@H](O[C@H]6[C@H](O)[C@@H](O)[C@@H](O[C@H]7[C@H](O)[C@@H](O)[C@@H](O[C@H]1[C@@H](CO)O2)O[C@@H]7CO)O[C@@H]6CO)O[C@@H]5CO)O[C@@H]4CO)O[C@@H]3CO. The van der Waals surface area contributed by atoms with Crippen molar-refractivity contribution >= 4 is 0 Å². The van der Waals surface area contributed by atoms with E-state index in [-0.39, 0.29) is 19.4 Å². The van der Waals surface area contributed by atoms with Gasteiger partial charge in [0, 0.05) is 6.61 Å². The molecule has 0 amide bonds. The van der Waals surface area contributed by atoms with Crippen molar-refractivity contribution in [3.8, 4) is 0 Å². The molecule has 0 aromatic heterocycles. The fraction of sp³-hybridized carbons (Fsp3) is 1.00. The summed E-state index contributed by atoms with van der Waals surface area (Å²) in [6.07, 6.45) is -120. The van der Waals surface area contributed by atoms with Gasteiger partial charge in [0.05, 0.1) is 85.4 Å². The molecule has 34 N–H and O–H groups in total. The van der Waals surface area contributed by atoms with Crippen LogP contribution in [0.4, 0.5) is 0 Å². The lowest BCUT2D eigenvalue weighted by Crippen LogP contribution is -2.69. The van der Waals surface area contributed by atoms with Crippen molar-refractivity contribution in [2.75, 3.05) is 85.9 Å². The van der Waals surface area contributed by atoms with Crippen molar-refractivity contribution in [2.45, 2.75) is 433 Å². The molecule has 44 heterocycles. The van der Waals surface area contributed by atoms with Crippen LogP contribution in [0.2, 0.25) is 0 Å². The van der Waals surface area contributed by atoms with E-state index in [1.54, 1.807) is 6.92 Å². The summed E-state index contributed by atoms with van der Waals surface area (Å²) in [5.74, 6) is 0. The molecule has 44 saturated heterocycles. The Balaban J connectivity index is 0.635. The van der Waals surface area contributed by atoms with Gasteiger partial charge < -0.3 is 292 Å². The van der Waals surface area contributed by atoms with Crippen molar-refractivity contribution in [1.29, 1.82) is 0 Å². The van der Waals surface area contributed by atoms with Crippen LogP contribution in [0, 0.1) is 0 Å². The molecule has 0 aromatic rings. The number of hydrogen-bond donors (Lipinski definition) is 34. The third kappa shape index (κ3) is 25.0. The lowest BCUT2D eigenvalue weighted by atomic mass is 9.94. The number of rotatable bonds is 26. The van der Waals surface area contributed by atoms with Crippen molar-refractivity contribution in [3.05, 3.63) is 0 Å². The third-order valence-electron chi connectivity index (χ3n) is 28.2. The molecule has 0 spiro atoms. The van der Waals surface area contributed by atoms with E-state index in [1.165, 1.54) is 0 Å². The zero-order chi connectivity index (χ0) is 104. The molecule has 838 valence electrons. The number of hydrogen-bond acceptors (Lipinski definition) is 61. The van der Waals surface area contributed by atoms with E-state index in [1.807, 2.05) is 0 Å². The average molecular weight is 2110 g/mol. The maximum absolute atomic E-state index is 12.4. The van der Waals surface area contributed by atoms with Crippen LogP contribution >= 0.6 is 0 Å². The molecule has 44 aliphatic rings. The maximum Gasteiger partial charge on any atom is 0.187 e. The van der Waals surface area contributed by atoms with Crippen LogP contribution in [-0.4, -0.2) is 634 Å². The average Bonchev–Trinajstić information content (AvgIpc) is 0.767. The lowest BCUT2D eigenvalue weighted by Gasteiger charge is -2.51. The van der Waals surface area contributed by atoms with Crippen molar-refractivity contribution in [3.63, 3.8) is 0 Å². The van der Waals surface area contributed by atoms with Crippen LogP contribution in [0.25, 0.3) is 0 Å². The Morgan fingerprint density at radius 3 is 0.500 bits per heavy atom. The Bertz CT molecular complexity index is 3740. The molecule has 0 aliphatic carbocycles. The van der Waals surface area contributed by atoms with Crippen molar-refractivity contribution in [1.82, 2.24) is 0 Å². The highest BCUT2D eigenvalue weighted by Gasteiger charge is 2.65. The number of unbranched alkanes of at least 4 members (excludes halogenated alkanes) is 6. The first-order chi connectivity index (χ1) is 68.9. The molecule has 44 rings (SSSR count). The van der Waals surface area contributed by atoms with Crippen LogP contribution < -0.4 is 0 Å². The molecule has 1 unspecified atom stereocenters. The van der Waals surface area contributed by atoms with E-state index in [4.69, 9.17) is 128 Å². The van der Waals surface area contributed by atoms with Crippen LogP contribution in [0.1, 0.15) is 58.3 Å². The van der Waals surface area contributed by atoms with Gasteiger partial charge in [-0.15, -0.1) is 0 Å². The highest BCUT2D eigenvalue weighted by molar-refractivity contribution is 5.06. The van der Waals surface area contributed by atoms with Gasteiger partial charge in [0.2, 0.25) is 0 Å². The fourth-order valence-electron chi connectivity index (χ4n) is 20.0. The first-order valence-electron chi connectivity index (χ1n) is 47.8. The summed E-state index contributed by atoms with van der Waals surface area (Å²) in [4.78, 5) is 11.8. The second-order valence-electron chi connectivity index (χ2n) is 37.8. The Morgan fingerprint density at radius 1 is 0.167 bits per heavy atom. The molecular formula is C83H140O61. The van der Waals surface area contributed by atoms with Gasteiger partial charge in [-0.1, -0.05) is 38.5 Å². The van der Waals surface area contributed by atoms with Gasteiger partial charge in [0.1, 0.15) is 287 Å². The second kappa shape index (κ2) is 52.4. The molecular weight excluding hydrogens is 1970 g/mol. The van der Waals surface area contributed by atoms with Crippen LogP contribution in [0.15, 0.2) is 0 Å². The van der Waals surface area contributed by atoms with E-state index in [0.717, 1.165) is 0 Å². The quantitative estimate of drug-likeness (QED) is 0.0217. The molecule has 144 heavy (non-hydrogen) atoms. The lowest BCUT2D eigenvalue weighted by molar-refractivity contribution is -0.437. The molecule has 0 aromatic carbocycles. The second-order valence-corrected chi connectivity index (χ2v) is 37.8. The van der Waals surface area contributed by atoms with Gasteiger partial charge in [-0.2, -0.15) is 0 Å². The zero-order valence-corrected chi connectivity index (χ0v) is 77.3. The topological polar surface area (TPSA) is 937 Å². The first-order valence-corrected chi connectivity index (χ1v) is 47.8. The van der Waals surface area contributed by atoms with E-state index in [2.05, 4.69) is 0 Å². The van der Waals surface area contributed by atoms with Gasteiger partial charge >= 0.3 is 0 Å². The van der Waals surface area contributed by atoms with E-state index >= 15 is 0 Å². The van der Waals surface area contributed by atoms with Crippen molar-refractivity contribution in [2.24, 2.45) is 0 Å². The Labute approximate surface area is 818 Å². The minimum atomic E-state index is -2.29. The highest BCUT2D eigenvalue weighted by Crippen LogP contribution is 2.44. The first kappa shape index (κ1) is 117. The molecule has 44 fully saturated rings.